The quantitative estimate of drug-likeness (QED) is 0.343. The van der Waals surface area contributed by atoms with Crippen LogP contribution in [-0.4, -0.2) is 51.3 Å². The van der Waals surface area contributed by atoms with Crippen molar-refractivity contribution in [2.24, 2.45) is 0 Å². The highest BCUT2D eigenvalue weighted by molar-refractivity contribution is 7.02. The van der Waals surface area contributed by atoms with E-state index in [9.17, 15) is 14.7 Å². The molecule has 0 radical (unpaired) electrons. The summed E-state index contributed by atoms with van der Waals surface area (Å²) in [6.07, 6.45) is 8.67. The molecule has 3 aromatic carbocycles. The molecule has 9 rings (SSSR count). The van der Waals surface area contributed by atoms with Crippen molar-refractivity contribution in [3.63, 3.8) is 0 Å². The predicted molar refractivity (Wildman–Crippen MR) is 166 cm³/mol. The number of carbonyl (C=O) groups is 2. The summed E-state index contributed by atoms with van der Waals surface area (Å²) in [5.74, 6) is -1.33. The van der Waals surface area contributed by atoms with Crippen LogP contribution in [-0.2, 0) is 36.0 Å². The Bertz CT molecular complexity index is 1690. The van der Waals surface area contributed by atoms with Gasteiger partial charge in [-0.05, 0) is 114 Å². The van der Waals surface area contributed by atoms with E-state index in [-0.39, 0.29) is 11.5 Å². The van der Waals surface area contributed by atoms with E-state index in [1.165, 1.54) is 44.0 Å². The lowest BCUT2D eigenvalue weighted by Gasteiger charge is -2.50. The average Bonchev–Trinajstić information content (AvgIpc) is 3.28. The number of rotatable bonds is 1. The third kappa shape index (κ3) is 2.95. The summed E-state index contributed by atoms with van der Waals surface area (Å²) in [7, 11) is -2.31. The number of fused-ring (bicyclic) bond motifs is 8. The Hall–Kier alpha value is -3.58. The normalized spacial score (nSPS) is 21.6. The van der Waals surface area contributed by atoms with Crippen LogP contribution in [0.3, 0.4) is 0 Å². The van der Waals surface area contributed by atoms with Crippen molar-refractivity contribution < 1.29 is 19.4 Å². The van der Waals surface area contributed by atoms with E-state index in [0.29, 0.717) is 11.1 Å². The largest absolute Gasteiger partial charge is 0.478 e. The fourth-order valence-electron chi connectivity index (χ4n) is 9.77. The Labute approximate surface area is 247 Å². The zero-order valence-electron chi connectivity index (χ0n) is 24.4. The van der Waals surface area contributed by atoms with Gasteiger partial charge in [0, 0.05) is 54.2 Å². The van der Waals surface area contributed by atoms with Crippen molar-refractivity contribution in [2.45, 2.75) is 70.1 Å². The third-order valence-electron chi connectivity index (χ3n) is 11.2. The van der Waals surface area contributed by atoms with Gasteiger partial charge in [0.1, 0.15) is 8.07 Å². The second-order valence-corrected chi connectivity index (χ2v) is 18.0. The van der Waals surface area contributed by atoms with Gasteiger partial charge in [0.05, 0.1) is 11.1 Å². The molecule has 0 atom stereocenters. The second kappa shape index (κ2) is 8.28. The minimum Gasteiger partial charge on any atom is -0.478 e. The van der Waals surface area contributed by atoms with Crippen molar-refractivity contribution in [2.75, 3.05) is 36.0 Å². The van der Waals surface area contributed by atoms with Crippen LogP contribution < -0.4 is 20.2 Å². The van der Waals surface area contributed by atoms with Crippen LogP contribution in [0.5, 0.6) is 0 Å². The van der Waals surface area contributed by atoms with Gasteiger partial charge in [-0.25, -0.2) is 9.59 Å². The number of carboxylic acid groups (broad SMARTS) is 1. The maximum absolute atomic E-state index is 13.8. The van der Waals surface area contributed by atoms with Gasteiger partial charge in [-0.3, -0.25) is 0 Å². The lowest BCUT2D eigenvalue weighted by atomic mass is 9.74. The van der Waals surface area contributed by atoms with Crippen LogP contribution in [0.4, 0.5) is 11.4 Å². The number of hydrogen-bond acceptors (Lipinski definition) is 5. The van der Waals surface area contributed by atoms with Crippen molar-refractivity contribution in [1.82, 2.24) is 0 Å². The number of benzene rings is 3. The molecule has 3 aromatic rings. The molecule has 6 heterocycles. The third-order valence-corrected chi connectivity index (χ3v) is 14.8. The summed E-state index contributed by atoms with van der Waals surface area (Å²) in [6.45, 7) is 9.48. The highest BCUT2D eigenvalue weighted by Gasteiger charge is 2.58. The van der Waals surface area contributed by atoms with Crippen molar-refractivity contribution in [3.8, 4) is 0 Å². The number of ether oxygens (including phenoxy) is 1. The average molecular weight is 577 g/mol. The van der Waals surface area contributed by atoms with Crippen molar-refractivity contribution in [3.05, 3.63) is 80.4 Å². The van der Waals surface area contributed by atoms with Crippen LogP contribution in [0.1, 0.15) is 85.3 Å². The van der Waals surface area contributed by atoms with E-state index in [2.05, 4.69) is 35.0 Å². The molecular weight excluding hydrogens is 540 g/mol. The van der Waals surface area contributed by atoms with Crippen LogP contribution in [0.2, 0.25) is 13.1 Å². The summed E-state index contributed by atoms with van der Waals surface area (Å²) in [5.41, 5.74) is 11.1. The zero-order valence-corrected chi connectivity index (χ0v) is 25.4. The minimum atomic E-state index is -2.31. The number of aromatic carboxylic acids is 1. The molecule has 0 fully saturated rings. The van der Waals surface area contributed by atoms with Gasteiger partial charge in [0.15, 0.2) is 5.60 Å². The number of esters is 1. The Kier molecular flexibility index (Phi) is 4.92. The lowest BCUT2D eigenvalue weighted by molar-refractivity contribution is 0.0254. The van der Waals surface area contributed by atoms with Gasteiger partial charge in [-0.15, -0.1) is 0 Å². The van der Waals surface area contributed by atoms with Crippen molar-refractivity contribution >= 4 is 41.8 Å². The van der Waals surface area contributed by atoms with Gasteiger partial charge < -0.3 is 19.6 Å². The Morgan fingerprint density at radius 2 is 1.31 bits per heavy atom. The Balaban J connectivity index is 1.47. The fourth-order valence-corrected chi connectivity index (χ4v) is 13.9. The first-order chi connectivity index (χ1) is 20.3. The predicted octanol–water partition coefficient (Wildman–Crippen LogP) is 4.38. The Morgan fingerprint density at radius 1 is 0.786 bits per heavy atom. The standard InChI is InChI=1S/C35H36N2O4Si/c1-42(2)31-24-9-5-15-36-13-3-7-20(29(24)36)17-27(31)35(26-19-22(33(38)39)11-12-23(26)34(40)41-35)28-18-21-8-4-14-37-16-6-10-25(30(21)37)32(28)42/h11-12,17-19H,3-10,13-16H2,1-2H3,(H,38,39). The lowest BCUT2D eigenvalue weighted by Crippen LogP contribution is -2.66. The summed E-state index contributed by atoms with van der Waals surface area (Å²) in [5, 5.41) is 12.9. The van der Waals surface area contributed by atoms with Gasteiger partial charge in [-0.1, -0.05) is 13.1 Å². The number of hydrogen-bond donors (Lipinski definition) is 1. The number of nitrogens with zero attached hydrogens (tertiary/aromatic N) is 2. The molecule has 7 heteroatoms. The van der Waals surface area contributed by atoms with Gasteiger partial charge in [0.2, 0.25) is 0 Å². The van der Waals surface area contributed by atoms with Crippen LogP contribution >= 0.6 is 0 Å². The molecule has 6 nitrogen and oxygen atoms in total. The smallest absolute Gasteiger partial charge is 0.340 e. The van der Waals surface area contributed by atoms with Crippen LogP contribution in [0.25, 0.3) is 0 Å². The zero-order chi connectivity index (χ0) is 28.5. The van der Waals surface area contributed by atoms with Gasteiger partial charge >= 0.3 is 11.9 Å². The number of anilines is 2. The maximum Gasteiger partial charge on any atom is 0.340 e. The summed E-state index contributed by atoms with van der Waals surface area (Å²) >= 11 is 0. The monoisotopic (exact) mass is 576 g/mol. The summed E-state index contributed by atoms with van der Waals surface area (Å²) in [4.78, 5) is 31.4. The van der Waals surface area contributed by atoms with E-state index in [1.807, 2.05) is 0 Å². The molecule has 6 aliphatic rings. The molecule has 1 N–H and O–H groups in total. The first-order valence-corrected chi connectivity index (χ1v) is 18.8. The Morgan fingerprint density at radius 3 is 1.83 bits per heavy atom. The molecule has 6 aliphatic heterocycles. The van der Waals surface area contributed by atoms with E-state index in [4.69, 9.17) is 4.74 Å². The van der Waals surface area contributed by atoms with Crippen molar-refractivity contribution in [1.29, 1.82) is 0 Å². The van der Waals surface area contributed by atoms with E-state index < -0.39 is 19.6 Å². The van der Waals surface area contributed by atoms with E-state index >= 15 is 0 Å². The molecule has 0 bridgehead atoms. The molecule has 42 heavy (non-hydrogen) atoms. The van der Waals surface area contributed by atoms with Crippen LogP contribution in [0, 0.1) is 0 Å². The SMILES string of the molecule is C[Si]1(C)c2c(cc3c4c2CCCN4CCC3)C2(OC(=O)c3ccc(C(=O)O)cc32)c2cc3c4c(c21)CCCN4CCC3. The summed E-state index contributed by atoms with van der Waals surface area (Å²) < 4.78 is 6.78. The minimum absolute atomic E-state index is 0.201. The molecule has 0 saturated heterocycles. The molecule has 0 unspecified atom stereocenters. The van der Waals surface area contributed by atoms with E-state index in [1.54, 1.807) is 18.2 Å². The maximum atomic E-state index is 13.8. The molecule has 214 valence electrons. The number of carboxylic acids is 1. The number of carbonyl (C=O) groups excluding carboxylic acids is 1. The van der Waals surface area contributed by atoms with Gasteiger partial charge in [-0.2, -0.15) is 0 Å². The number of aryl methyl sites for hydroxylation is 2. The highest BCUT2D eigenvalue weighted by atomic mass is 28.3. The van der Waals surface area contributed by atoms with E-state index in [0.717, 1.165) is 88.7 Å². The van der Waals surface area contributed by atoms with Gasteiger partial charge in [0.25, 0.3) is 0 Å². The summed E-state index contributed by atoms with van der Waals surface area (Å²) in [6, 6.07) is 9.74. The molecule has 0 saturated carbocycles. The fraction of sp³-hybridized carbons (Fsp3) is 0.429. The first-order valence-electron chi connectivity index (χ1n) is 15.8. The molecule has 1 spiro atoms. The van der Waals surface area contributed by atoms with Crippen LogP contribution in [0.15, 0.2) is 30.3 Å². The second-order valence-electron chi connectivity index (χ2n) is 13.7. The highest BCUT2D eigenvalue weighted by Crippen LogP contribution is 2.53. The topological polar surface area (TPSA) is 70.1 Å². The first kappa shape index (κ1) is 25.0. The molecule has 0 aromatic heterocycles. The molecule has 0 aliphatic carbocycles. The molecular formula is C35H36N2O4Si. The molecule has 0 amide bonds.